The molecule has 2 nitrogen and oxygen atoms in total. The molecule has 1 aromatic heterocycles. The molecule has 0 aliphatic heterocycles. The number of halogens is 3. The van der Waals surface area contributed by atoms with Crippen molar-refractivity contribution in [3.05, 3.63) is 65.0 Å². The second-order valence-electron chi connectivity index (χ2n) is 4.78. The molecule has 0 saturated carbocycles. The summed E-state index contributed by atoms with van der Waals surface area (Å²) in [5.74, 6) is -0.112. The Balaban J connectivity index is 1.98. The number of pyridine rings is 1. The summed E-state index contributed by atoms with van der Waals surface area (Å²) in [6.45, 7) is 1.80. The Morgan fingerprint density at radius 3 is 2.33 bits per heavy atom. The lowest BCUT2D eigenvalue weighted by Crippen LogP contribution is -2.06. The van der Waals surface area contributed by atoms with Gasteiger partial charge in [-0.25, -0.2) is 0 Å². The summed E-state index contributed by atoms with van der Waals surface area (Å²) in [4.78, 5) is 16.1. The third-order valence-corrected chi connectivity index (χ3v) is 3.10. The van der Waals surface area contributed by atoms with Crippen molar-refractivity contribution in [1.29, 1.82) is 0 Å². The van der Waals surface area contributed by atoms with Gasteiger partial charge in [0, 0.05) is 12.1 Å². The summed E-state index contributed by atoms with van der Waals surface area (Å²) in [5.41, 5.74) is 1.17. The Morgan fingerprint density at radius 2 is 1.76 bits per heavy atom. The molecule has 5 heteroatoms. The first kappa shape index (κ1) is 15.2. The predicted octanol–water partition coefficient (Wildman–Crippen LogP) is 4.22. The normalized spacial score (nSPS) is 11.4. The minimum Gasteiger partial charge on any atom is -0.292 e. The van der Waals surface area contributed by atoms with Crippen LogP contribution in [0.1, 0.15) is 33.7 Å². The van der Waals surface area contributed by atoms with E-state index in [0.717, 1.165) is 17.8 Å². The first-order valence-electron chi connectivity index (χ1n) is 6.49. The first-order chi connectivity index (χ1) is 9.86. The van der Waals surface area contributed by atoms with Crippen molar-refractivity contribution >= 4 is 5.78 Å². The molecular formula is C16H14F3NO. The summed E-state index contributed by atoms with van der Waals surface area (Å²) >= 11 is 0. The van der Waals surface area contributed by atoms with E-state index in [2.05, 4.69) is 4.98 Å². The molecular weight excluding hydrogens is 279 g/mol. The monoisotopic (exact) mass is 293 g/mol. The van der Waals surface area contributed by atoms with E-state index in [9.17, 15) is 18.0 Å². The minimum atomic E-state index is -4.33. The summed E-state index contributed by atoms with van der Waals surface area (Å²) in [6.07, 6.45) is -3.71. The molecule has 0 aliphatic carbocycles. The number of carbonyl (C=O) groups excluding carboxylic acids is 1. The van der Waals surface area contributed by atoms with Crippen molar-refractivity contribution in [3.63, 3.8) is 0 Å². The molecule has 1 heterocycles. The van der Waals surface area contributed by atoms with Crippen LogP contribution >= 0.6 is 0 Å². The summed E-state index contributed by atoms with van der Waals surface area (Å²) in [7, 11) is 0. The highest BCUT2D eigenvalue weighted by atomic mass is 19.4. The molecule has 0 unspecified atom stereocenters. The zero-order chi connectivity index (χ0) is 15.5. The lowest BCUT2D eigenvalue weighted by molar-refractivity contribution is -0.137. The highest BCUT2D eigenvalue weighted by Crippen LogP contribution is 2.29. The predicted molar refractivity (Wildman–Crippen MR) is 73.1 cm³/mol. The number of ketones is 1. The van der Waals surface area contributed by atoms with E-state index in [1.165, 1.54) is 12.1 Å². The molecule has 0 N–H and O–H groups in total. The Labute approximate surface area is 120 Å². The van der Waals surface area contributed by atoms with E-state index in [-0.39, 0.29) is 12.2 Å². The van der Waals surface area contributed by atoms with Crippen LogP contribution < -0.4 is 0 Å². The Morgan fingerprint density at radius 1 is 1.10 bits per heavy atom. The summed E-state index contributed by atoms with van der Waals surface area (Å²) in [5, 5.41) is 0. The van der Waals surface area contributed by atoms with E-state index < -0.39 is 11.7 Å². The Bertz CT molecular complexity index is 633. The molecule has 0 spiro atoms. The summed E-state index contributed by atoms with van der Waals surface area (Å²) < 4.78 is 37.3. The summed E-state index contributed by atoms with van der Waals surface area (Å²) in [6, 6.07) is 10.1. The van der Waals surface area contributed by atoms with Crippen LogP contribution in [-0.4, -0.2) is 10.8 Å². The average Bonchev–Trinajstić information content (AvgIpc) is 2.44. The molecule has 0 bridgehead atoms. The number of aromatic nitrogens is 1. The quantitative estimate of drug-likeness (QED) is 0.790. The molecule has 0 amide bonds. The van der Waals surface area contributed by atoms with Gasteiger partial charge in [-0.2, -0.15) is 13.2 Å². The van der Waals surface area contributed by atoms with Gasteiger partial charge in [0.1, 0.15) is 5.69 Å². The second kappa shape index (κ2) is 6.08. The lowest BCUT2D eigenvalue weighted by Gasteiger charge is -2.07. The molecule has 2 rings (SSSR count). The second-order valence-corrected chi connectivity index (χ2v) is 4.78. The fraction of sp³-hybridized carbons (Fsp3) is 0.250. The van der Waals surface area contributed by atoms with Crippen molar-refractivity contribution in [2.45, 2.75) is 25.9 Å². The maximum absolute atomic E-state index is 12.4. The number of nitrogens with zero attached hydrogens (tertiary/aromatic N) is 1. The lowest BCUT2D eigenvalue weighted by atomic mass is 10.0. The van der Waals surface area contributed by atoms with Gasteiger partial charge >= 0.3 is 6.18 Å². The number of Topliss-reactive ketones (excluding diaryl/α,β-unsaturated/α-hetero) is 1. The van der Waals surface area contributed by atoms with E-state index >= 15 is 0 Å². The number of hydrogen-bond donors (Lipinski definition) is 0. The van der Waals surface area contributed by atoms with Crippen molar-refractivity contribution in [2.24, 2.45) is 0 Å². The van der Waals surface area contributed by atoms with E-state index in [4.69, 9.17) is 0 Å². The largest absolute Gasteiger partial charge is 0.416 e. The molecule has 0 radical (unpaired) electrons. The van der Waals surface area contributed by atoms with Crippen molar-refractivity contribution in [2.75, 3.05) is 0 Å². The van der Waals surface area contributed by atoms with Gasteiger partial charge in [0.25, 0.3) is 0 Å². The number of aryl methyl sites for hydroxylation is 2. The smallest absolute Gasteiger partial charge is 0.292 e. The third kappa shape index (κ3) is 4.15. The zero-order valence-corrected chi connectivity index (χ0v) is 11.4. The standard InChI is InChI=1S/C16H14F3NO/c1-11-3-2-4-14(20-11)15(21)10-7-12-5-8-13(9-6-12)16(17,18)19/h2-6,8-9H,7,10H2,1H3. The van der Waals surface area contributed by atoms with Crippen LogP contribution in [-0.2, 0) is 12.6 Å². The molecule has 21 heavy (non-hydrogen) atoms. The fourth-order valence-electron chi connectivity index (χ4n) is 1.94. The van der Waals surface area contributed by atoms with Crippen LogP contribution in [0.4, 0.5) is 13.2 Å². The van der Waals surface area contributed by atoms with Crippen LogP contribution in [0, 0.1) is 6.92 Å². The fourth-order valence-corrected chi connectivity index (χ4v) is 1.94. The third-order valence-electron chi connectivity index (χ3n) is 3.10. The van der Waals surface area contributed by atoms with Crippen LogP contribution in [0.25, 0.3) is 0 Å². The van der Waals surface area contributed by atoms with Crippen LogP contribution in [0.5, 0.6) is 0 Å². The zero-order valence-electron chi connectivity index (χ0n) is 11.4. The van der Waals surface area contributed by atoms with Crippen molar-refractivity contribution in [1.82, 2.24) is 4.98 Å². The first-order valence-corrected chi connectivity index (χ1v) is 6.49. The number of carbonyl (C=O) groups is 1. The van der Waals surface area contributed by atoms with E-state index in [0.29, 0.717) is 17.7 Å². The SMILES string of the molecule is Cc1cccc(C(=O)CCc2ccc(C(F)(F)F)cc2)n1. The topological polar surface area (TPSA) is 30.0 Å². The van der Waals surface area contributed by atoms with E-state index in [1.807, 2.05) is 0 Å². The molecule has 1 aromatic carbocycles. The van der Waals surface area contributed by atoms with Gasteiger partial charge in [0.05, 0.1) is 5.56 Å². The van der Waals surface area contributed by atoms with E-state index in [1.54, 1.807) is 25.1 Å². The molecule has 110 valence electrons. The van der Waals surface area contributed by atoms with Crippen LogP contribution in [0.2, 0.25) is 0 Å². The molecule has 0 atom stereocenters. The number of hydrogen-bond acceptors (Lipinski definition) is 2. The van der Waals surface area contributed by atoms with Crippen LogP contribution in [0.15, 0.2) is 42.5 Å². The van der Waals surface area contributed by atoms with Gasteiger partial charge < -0.3 is 0 Å². The highest BCUT2D eigenvalue weighted by Gasteiger charge is 2.29. The molecule has 0 saturated heterocycles. The molecule has 0 fully saturated rings. The highest BCUT2D eigenvalue weighted by molar-refractivity contribution is 5.94. The number of alkyl halides is 3. The maximum atomic E-state index is 12.4. The van der Waals surface area contributed by atoms with Crippen molar-refractivity contribution < 1.29 is 18.0 Å². The van der Waals surface area contributed by atoms with Crippen LogP contribution in [0.3, 0.4) is 0 Å². The van der Waals surface area contributed by atoms with Gasteiger partial charge in [-0.05, 0) is 43.2 Å². The number of rotatable bonds is 4. The van der Waals surface area contributed by atoms with Gasteiger partial charge in [0.15, 0.2) is 5.78 Å². The van der Waals surface area contributed by atoms with Crippen molar-refractivity contribution in [3.8, 4) is 0 Å². The van der Waals surface area contributed by atoms with Gasteiger partial charge in [-0.3, -0.25) is 9.78 Å². The Kier molecular flexibility index (Phi) is 4.40. The Hall–Kier alpha value is -2.17. The average molecular weight is 293 g/mol. The number of benzene rings is 1. The van der Waals surface area contributed by atoms with Gasteiger partial charge in [-0.15, -0.1) is 0 Å². The minimum absolute atomic E-state index is 0.112. The maximum Gasteiger partial charge on any atom is 0.416 e. The molecule has 2 aromatic rings. The molecule has 0 aliphatic rings. The van der Waals surface area contributed by atoms with Gasteiger partial charge in [0.2, 0.25) is 0 Å². The van der Waals surface area contributed by atoms with Gasteiger partial charge in [-0.1, -0.05) is 18.2 Å².